The Morgan fingerprint density at radius 3 is 2.95 bits per heavy atom. The SMILES string of the molecule is CC(N)C1CN(C2CCOC3(CCOC3)C2)CCO1. The minimum Gasteiger partial charge on any atom is -0.378 e. The van der Waals surface area contributed by atoms with Gasteiger partial charge in [-0.1, -0.05) is 0 Å². The topological polar surface area (TPSA) is 57.0 Å². The predicted molar refractivity (Wildman–Crippen MR) is 72.1 cm³/mol. The summed E-state index contributed by atoms with van der Waals surface area (Å²) in [4.78, 5) is 2.56. The summed E-state index contributed by atoms with van der Waals surface area (Å²) in [6.07, 6.45) is 3.43. The molecule has 2 N–H and O–H groups in total. The van der Waals surface area contributed by atoms with Gasteiger partial charge in [0.2, 0.25) is 0 Å². The molecule has 5 heteroatoms. The van der Waals surface area contributed by atoms with Crippen molar-refractivity contribution in [3.05, 3.63) is 0 Å². The molecule has 0 aromatic rings. The molecule has 3 fully saturated rings. The standard InChI is InChI=1S/C14H26N2O3/c1-11(15)13-9-16(4-7-18-13)12-2-5-19-14(8-12)3-6-17-10-14/h11-13H,2-10,15H2,1H3. The van der Waals surface area contributed by atoms with Crippen molar-refractivity contribution in [2.24, 2.45) is 5.73 Å². The van der Waals surface area contributed by atoms with E-state index in [1.54, 1.807) is 0 Å². The Morgan fingerprint density at radius 2 is 2.21 bits per heavy atom. The lowest BCUT2D eigenvalue weighted by Gasteiger charge is -2.45. The van der Waals surface area contributed by atoms with Crippen LogP contribution in [0.5, 0.6) is 0 Å². The van der Waals surface area contributed by atoms with Crippen LogP contribution >= 0.6 is 0 Å². The van der Waals surface area contributed by atoms with E-state index in [1.807, 2.05) is 6.92 Å². The molecule has 3 saturated heterocycles. The van der Waals surface area contributed by atoms with Gasteiger partial charge < -0.3 is 19.9 Å². The van der Waals surface area contributed by atoms with Gasteiger partial charge in [0.25, 0.3) is 0 Å². The molecule has 3 heterocycles. The highest BCUT2D eigenvalue weighted by Gasteiger charge is 2.43. The normalized spacial score (nSPS) is 42.6. The van der Waals surface area contributed by atoms with E-state index in [4.69, 9.17) is 19.9 Å². The minimum atomic E-state index is -0.00888. The first-order valence-electron chi connectivity index (χ1n) is 7.51. The molecule has 4 unspecified atom stereocenters. The molecule has 19 heavy (non-hydrogen) atoms. The molecule has 0 bridgehead atoms. The van der Waals surface area contributed by atoms with Crippen molar-refractivity contribution >= 4 is 0 Å². The zero-order chi connectivity index (χ0) is 13.3. The van der Waals surface area contributed by atoms with E-state index in [1.165, 1.54) is 0 Å². The van der Waals surface area contributed by atoms with Crippen LogP contribution in [-0.2, 0) is 14.2 Å². The average Bonchev–Trinajstić information content (AvgIpc) is 2.87. The van der Waals surface area contributed by atoms with Crippen molar-refractivity contribution in [2.75, 3.05) is 39.5 Å². The maximum Gasteiger partial charge on any atom is 0.0951 e. The second-order valence-electron chi connectivity index (χ2n) is 6.24. The second-order valence-corrected chi connectivity index (χ2v) is 6.24. The van der Waals surface area contributed by atoms with Gasteiger partial charge in [-0.2, -0.15) is 0 Å². The Hall–Kier alpha value is -0.200. The molecule has 4 atom stereocenters. The van der Waals surface area contributed by atoms with Crippen molar-refractivity contribution in [3.8, 4) is 0 Å². The number of ether oxygens (including phenoxy) is 3. The Kier molecular flexibility index (Phi) is 4.10. The van der Waals surface area contributed by atoms with Crippen molar-refractivity contribution in [3.63, 3.8) is 0 Å². The molecule has 5 nitrogen and oxygen atoms in total. The fourth-order valence-electron chi connectivity index (χ4n) is 3.52. The zero-order valence-electron chi connectivity index (χ0n) is 11.8. The van der Waals surface area contributed by atoms with Crippen molar-refractivity contribution in [2.45, 2.75) is 50.0 Å². The summed E-state index contributed by atoms with van der Waals surface area (Å²) in [5, 5.41) is 0. The number of hydrogen-bond donors (Lipinski definition) is 1. The lowest BCUT2D eigenvalue weighted by atomic mass is 9.88. The maximum absolute atomic E-state index is 6.01. The fraction of sp³-hybridized carbons (Fsp3) is 1.00. The van der Waals surface area contributed by atoms with Crippen LogP contribution in [-0.4, -0.2) is 68.2 Å². The second kappa shape index (κ2) is 5.66. The van der Waals surface area contributed by atoms with E-state index in [2.05, 4.69) is 4.90 Å². The molecule has 0 aliphatic carbocycles. The molecular formula is C14H26N2O3. The van der Waals surface area contributed by atoms with Gasteiger partial charge in [-0.25, -0.2) is 0 Å². The molecule has 0 radical (unpaired) electrons. The molecular weight excluding hydrogens is 244 g/mol. The van der Waals surface area contributed by atoms with Crippen LogP contribution in [0.3, 0.4) is 0 Å². The van der Waals surface area contributed by atoms with Crippen LogP contribution in [0.2, 0.25) is 0 Å². The molecule has 0 aromatic heterocycles. The summed E-state index contributed by atoms with van der Waals surface area (Å²) >= 11 is 0. The number of morpholine rings is 1. The highest BCUT2D eigenvalue weighted by molar-refractivity contribution is 4.95. The fourth-order valence-corrected chi connectivity index (χ4v) is 3.52. The van der Waals surface area contributed by atoms with Gasteiger partial charge in [0.15, 0.2) is 0 Å². The monoisotopic (exact) mass is 270 g/mol. The van der Waals surface area contributed by atoms with Crippen LogP contribution in [0.1, 0.15) is 26.2 Å². The first kappa shape index (κ1) is 13.8. The number of nitrogens with zero attached hydrogens (tertiary/aromatic N) is 1. The average molecular weight is 270 g/mol. The Labute approximate surface area is 115 Å². The Morgan fingerprint density at radius 1 is 1.32 bits per heavy atom. The van der Waals surface area contributed by atoms with Crippen molar-refractivity contribution < 1.29 is 14.2 Å². The summed E-state index contributed by atoms with van der Waals surface area (Å²) in [5.74, 6) is 0. The first-order valence-corrected chi connectivity index (χ1v) is 7.51. The molecule has 110 valence electrons. The van der Waals surface area contributed by atoms with Crippen LogP contribution in [0.25, 0.3) is 0 Å². The summed E-state index contributed by atoms with van der Waals surface area (Å²) in [7, 11) is 0. The third kappa shape index (κ3) is 2.95. The number of nitrogens with two attached hydrogens (primary N) is 1. The number of hydrogen-bond acceptors (Lipinski definition) is 5. The molecule has 3 rings (SSSR count). The summed E-state index contributed by atoms with van der Waals surface area (Å²) < 4.78 is 17.3. The molecule has 1 spiro atoms. The third-order valence-electron chi connectivity index (χ3n) is 4.76. The van der Waals surface area contributed by atoms with E-state index in [0.29, 0.717) is 6.04 Å². The van der Waals surface area contributed by atoms with Gasteiger partial charge in [0.05, 0.1) is 24.9 Å². The van der Waals surface area contributed by atoms with E-state index in [-0.39, 0.29) is 17.7 Å². The van der Waals surface area contributed by atoms with Gasteiger partial charge in [-0.05, 0) is 19.8 Å². The van der Waals surface area contributed by atoms with Crippen LogP contribution in [0.15, 0.2) is 0 Å². The van der Waals surface area contributed by atoms with Gasteiger partial charge in [-0.15, -0.1) is 0 Å². The maximum atomic E-state index is 6.01. The number of rotatable bonds is 2. The van der Waals surface area contributed by atoms with E-state index in [0.717, 1.165) is 58.8 Å². The highest BCUT2D eigenvalue weighted by atomic mass is 16.6. The minimum absolute atomic E-state index is 0.00888. The quantitative estimate of drug-likeness (QED) is 0.786. The zero-order valence-corrected chi connectivity index (χ0v) is 11.8. The third-order valence-corrected chi connectivity index (χ3v) is 4.76. The summed E-state index contributed by atoms with van der Waals surface area (Å²) in [5.41, 5.74) is 5.97. The van der Waals surface area contributed by atoms with Crippen LogP contribution in [0.4, 0.5) is 0 Å². The Balaban J connectivity index is 1.61. The van der Waals surface area contributed by atoms with E-state index < -0.39 is 0 Å². The summed E-state index contributed by atoms with van der Waals surface area (Å²) in [6, 6.07) is 0.701. The van der Waals surface area contributed by atoms with Crippen molar-refractivity contribution in [1.29, 1.82) is 0 Å². The lowest BCUT2D eigenvalue weighted by molar-refractivity contribution is -0.125. The smallest absolute Gasteiger partial charge is 0.0951 e. The molecule has 3 aliphatic rings. The van der Waals surface area contributed by atoms with Crippen LogP contribution < -0.4 is 5.73 Å². The molecule has 0 amide bonds. The lowest BCUT2D eigenvalue weighted by Crippen LogP contribution is -2.56. The van der Waals surface area contributed by atoms with Gasteiger partial charge >= 0.3 is 0 Å². The molecule has 0 saturated carbocycles. The van der Waals surface area contributed by atoms with Gasteiger partial charge in [0.1, 0.15) is 0 Å². The predicted octanol–water partition coefficient (Wildman–Crippen LogP) is 0.373. The van der Waals surface area contributed by atoms with Crippen LogP contribution in [0, 0.1) is 0 Å². The van der Waals surface area contributed by atoms with E-state index >= 15 is 0 Å². The van der Waals surface area contributed by atoms with Gasteiger partial charge in [0, 0.05) is 44.8 Å². The van der Waals surface area contributed by atoms with Gasteiger partial charge in [-0.3, -0.25) is 4.90 Å². The molecule has 3 aliphatic heterocycles. The highest BCUT2D eigenvalue weighted by Crippen LogP contribution is 2.35. The first-order chi connectivity index (χ1) is 9.19. The molecule has 0 aromatic carbocycles. The largest absolute Gasteiger partial charge is 0.378 e. The summed E-state index contributed by atoms with van der Waals surface area (Å²) in [6.45, 7) is 7.28. The van der Waals surface area contributed by atoms with Crippen molar-refractivity contribution in [1.82, 2.24) is 4.90 Å². The van der Waals surface area contributed by atoms with E-state index in [9.17, 15) is 0 Å². The Bertz CT molecular complexity index is 305.